The molecule has 1 N–H and O–H groups in total. The van der Waals surface area contributed by atoms with Crippen molar-refractivity contribution in [2.45, 2.75) is 96.7 Å². The normalized spacial score (nSPS) is 24.6. The topological polar surface area (TPSA) is 98.1 Å². The zero-order valence-electron chi connectivity index (χ0n) is 21.4. The zero-order valence-corrected chi connectivity index (χ0v) is 26.1. The van der Waals surface area contributed by atoms with Gasteiger partial charge in [-0.1, -0.05) is 18.2 Å². The van der Waals surface area contributed by atoms with Crippen LogP contribution < -0.4 is 0 Å². The molecule has 0 aromatic heterocycles. The van der Waals surface area contributed by atoms with Gasteiger partial charge < -0.3 is 24.7 Å². The van der Waals surface area contributed by atoms with Crippen molar-refractivity contribution >= 4 is 12.1 Å². The molecule has 0 aromatic rings. The predicted molar refractivity (Wildman–Crippen MR) is 120 cm³/mol. The number of amides is 1. The zero-order chi connectivity index (χ0) is 24.2. The Balaban J connectivity index is 0.00000961. The van der Waals surface area contributed by atoms with Crippen molar-refractivity contribution in [2.24, 2.45) is 5.92 Å². The second-order valence-electron chi connectivity index (χ2n) is 10.3. The third-order valence-corrected chi connectivity index (χ3v) is 5.21. The molecule has 1 aliphatic heterocycles. The minimum Gasteiger partial charge on any atom is -0.671 e. The van der Waals surface area contributed by atoms with E-state index in [2.05, 4.69) is 0 Å². The number of hydrogen-bond donors (Lipinski definition) is 0. The second-order valence-corrected chi connectivity index (χ2v) is 10.3. The van der Waals surface area contributed by atoms with Crippen molar-refractivity contribution in [1.29, 1.82) is 0 Å². The van der Waals surface area contributed by atoms with Gasteiger partial charge in [0.25, 0.3) is 0 Å². The summed E-state index contributed by atoms with van der Waals surface area (Å²) in [5, 5.41) is 0. The van der Waals surface area contributed by atoms with Crippen LogP contribution >= 0.6 is 0 Å². The molecule has 0 spiro atoms. The SMILES string of the molecule is C/C=C\[C@@H]1C[C@H](C(=O)OC(C)(C)C)N(C(=O)OC(C)(C)C)[C@H]1[C@@H]([NH-])[C@](C)(COC)OC.[Ac]. The third-order valence-electron chi connectivity index (χ3n) is 5.21. The molecular weight excluding hydrogens is 627 g/mol. The third kappa shape index (κ3) is 8.54. The van der Waals surface area contributed by atoms with Gasteiger partial charge in [0.1, 0.15) is 17.2 Å². The van der Waals surface area contributed by atoms with Crippen LogP contribution in [0.4, 0.5) is 4.79 Å². The Hall–Kier alpha value is -0.198. The van der Waals surface area contributed by atoms with E-state index in [1.807, 2.05) is 19.1 Å². The number of nitrogens with zero attached hydrogens (tertiary/aromatic N) is 1. The van der Waals surface area contributed by atoms with E-state index in [0.29, 0.717) is 6.42 Å². The molecule has 1 heterocycles. The Morgan fingerprint density at radius 1 is 1.06 bits per heavy atom. The number of rotatable bonds is 7. The summed E-state index contributed by atoms with van der Waals surface area (Å²) in [6, 6.07) is -2.43. The maximum atomic E-state index is 13.3. The molecule has 8 nitrogen and oxygen atoms in total. The average molecular weight is 669 g/mol. The predicted octanol–water partition coefficient (Wildman–Crippen LogP) is 4.37. The van der Waals surface area contributed by atoms with Crippen LogP contribution in [0.5, 0.6) is 0 Å². The molecule has 1 amide bonds. The Labute approximate surface area is 229 Å². The van der Waals surface area contributed by atoms with Crippen molar-refractivity contribution < 1.29 is 72.6 Å². The van der Waals surface area contributed by atoms with Crippen LogP contribution in [0.3, 0.4) is 0 Å². The van der Waals surface area contributed by atoms with Crippen molar-refractivity contribution in [3.63, 3.8) is 0 Å². The van der Waals surface area contributed by atoms with Crippen molar-refractivity contribution in [3.05, 3.63) is 17.9 Å². The number of nitrogens with one attached hydrogen (secondary N) is 1. The van der Waals surface area contributed by atoms with Crippen LogP contribution in [-0.4, -0.2) is 72.7 Å². The molecule has 1 saturated heterocycles. The first kappa shape index (κ1) is 31.8. The van der Waals surface area contributed by atoms with E-state index < -0.39 is 47.0 Å². The number of hydrogen-bond acceptors (Lipinski definition) is 6. The van der Waals surface area contributed by atoms with Gasteiger partial charge in [0, 0.05) is 64.3 Å². The molecule has 1 aliphatic rings. The van der Waals surface area contributed by atoms with E-state index in [1.165, 1.54) is 19.1 Å². The number of methoxy groups -OCH3 is 2. The average Bonchev–Trinajstić information content (AvgIpc) is 2.98. The second kappa shape index (κ2) is 12.5. The maximum Gasteiger partial charge on any atom is 0.411 e. The minimum absolute atomic E-state index is 0. The molecule has 0 saturated carbocycles. The van der Waals surface area contributed by atoms with Crippen LogP contribution in [0, 0.1) is 50.0 Å². The van der Waals surface area contributed by atoms with Crippen LogP contribution in [0.25, 0.3) is 5.73 Å². The summed E-state index contributed by atoms with van der Waals surface area (Å²) < 4.78 is 22.2. The van der Waals surface area contributed by atoms with Crippen LogP contribution in [-0.2, 0) is 23.7 Å². The first-order valence-electron chi connectivity index (χ1n) is 10.7. The minimum atomic E-state index is -0.998. The van der Waals surface area contributed by atoms with Crippen LogP contribution in [0.15, 0.2) is 12.2 Å². The van der Waals surface area contributed by atoms with Crippen molar-refractivity contribution in [1.82, 2.24) is 4.90 Å². The molecule has 0 aliphatic carbocycles. The molecular formula is C23H41AcN2O6-. The summed E-state index contributed by atoms with van der Waals surface area (Å²) in [6.45, 7) is 14.5. The molecule has 1 radical (unpaired) electrons. The van der Waals surface area contributed by atoms with E-state index in [0.717, 1.165) is 0 Å². The summed E-state index contributed by atoms with van der Waals surface area (Å²) in [5.41, 5.74) is 6.60. The summed E-state index contributed by atoms with van der Waals surface area (Å²) in [6.07, 6.45) is 3.49. The molecule has 1 fully saturated rings. The fourth-order valence-corrected chi connectivity index (χ4v) is 3.84. The molecule has 5 atom stereocenters. The molecule has 0 bridgehead atoms. The quantitative estimate of drug-likeness (QED) is 0.296. The van der Waals surface area contributed by atoms with Crippen LogP contribution in [0.1, 0.15) is 61.8 Å². The smallest absolute Gasteiger partial charge is 0.411 e. The summed E-state index contributed by atoms with van der Waals surface area (Å²) >= 11 is 0. The molecule has 9 heteroatoms. The van der Waals surface area contributed by atoms with E-state index in [9.17, 15) is 9.59 Å². The molecule has 0 unspecified atom stereocenters. The number of likely N-dealkylation sites (tertiary alicyclic amines) is 1. The number of esters is 1. The fourth-order valence-electron chi connectivity index (χ4n) is 3.84. The van der Waals surface area contributed by atoms with Gasteiger partial charge in [-0.05, 0) is 67.7 Å². The Morgan fingerprint density at radius 2 is 1.59 bits per heavy atom. The monoisotopic (exact) mass is 668 g/mol. The number of carbonyl (C=O) groups is 2. The van der Waals surface area contributed by atoms with Gasteiger partial charge in [0.15, 0.2) is 0 Å². The first-order valence-corrected chi connectivity index (χ1v) is 10.7. The van der Waals surface area contributed by atoms with Crippen molar-refractivity contribution in [2.75, 3.05) is 20.8 Å². The van der Waals surface area contributed by atoms with E-state index in [4.69, 9.17) is 24.7 Å². The van der Waals surface area contributed by atoms with Crippen molar-refractivity contribution in [3.8, 4) is 0 Å². The Bertz CT molecular complexity index is 658. The largest absolute Gasteiger partial charge is 0.671 e. The number of carbonyl (C=O) groups excluding carboxylic acids is 2. The summed E-state index contributed by atoms with van der Waals surface area (Å²) in [4.78, 5) is 27.8. The maximum absolute atomic E-state index is 13.3. The molecule has 0 aromatic carbocycles. The fraction of sp³-hybridized carbons (Fsp3) is 0.826. The molecule has 32 heavy (non-hydrogen) atoms. The standard InChI is InChI=1S/C23H41N2O6.Ac/c1-11-12-15-13-16(19(26)30-21(2,3)4)25(20(27)31-22(5,6)7)17(15)18(24)23(8,29-10)14-28-9;/h11-12,15-18,24H,13-14H2,1-10H3;/q-1;/b12-11-;/t15-,16-,17-,18-,23+;/m1./s1. The van der Waals surface area contributed by atoms with Gasteiger partial charge in [-0.25, -0.2) is 9.59 Å². The van der Waals surface area contributed by atoms with Crippen LogP contribution in [0.2, 0.25) is 0 Å². The first-order chi connectivity index (χ1) is 14.1. The summed E-state index contributed by atoms with van der Waals surface area (Å²) in [7, 11) is 3.06. The van der Waals surface area contributed by atoms with Gasteiger partial charge in [-0.3, -0.25) is 4.90 Å². The van der Waals surface area contributed by atoms with Gasteiger partial charge >= 0.3 is 12.1 Å². The van der Waals surface area contributed by atoms with Gasteiger partial charge in [-0.15, -0.1) is 0 Å². The Kier molecular flexibility index (Phi) is 12.4. The van der Waals surface area contributed by atoms with Gasteiger partial charge in [0.2, 0.25) is 0 Å². The molecule has 1 rings (SSSR count). The van der Waals surface area contributed by atoms with Gasteiger partial charge in [0.05, 0.1) is 12.2 Å². The number of allylic oxidation sites excluding steroid dienone is 1. The number of ether oxygens (including phenoxy) is 4. The van der Waals surface area contributed by atoms with E-state index in [-0.39, 0.29) is 56.6 Å². The summed E-state index contributed by atoms with van der Waals surface area (Å²) in [5.74, 6) is -0.753. The van der Waals surface area contributed by atoms with Gasteiger partial charge in [-0.2, -0.15) is 0 Å². The molecule has 183 valence electrons. The van der Waals surface area contributed by atoms with E-state index in [1.54, 1.807) is 48.5 Å². The van der Waals surface area contributed by atoms with E-state index >= 15 is 0 Å². The Morgan fingerprint density at radius 3 is 2.00 bits per heavy atom.